The van der Waals surface area contributed by atoms with E-state index in [0.29, 0.717) is 11.2 Å². The first-order chi connectivity index (χ1) is 10.5. The zero-order chi connectivity index (χ0) is 15.7. The van der Waals surface area contributed by atoms with Gasteiger partial charge in [0.2, 0.25) is 0 Å². The van der Waals surface area contributed by atoms with Crippen molar-refractivity contribution in [1.29, 1.82) is 0 Å². The Balaban J connectivity index is 1.58. The molecule has 3 rings (SSSR count). The van der Waals surface area contributed by atoms with Crippen LogP contribution in [0.3, 0.4) is 0 Å². The molecule has 2 aliphatic rings. The van der Waals surface area contributed by atoms with Crippen LogP contribution >= 0.6 is 0 Å². The Morgan fingerprint density at radius 2 is 2.05 bits per heavy atom. The molecule has 4 nitrogen and oxygen atoms in total. The average molecular weight is 306 g/mol. The lowest BCUT2D eigenvalue weighted by Gasteiger charge is -2.52. The number of halogens is 1. The predicted octanol–water partition coefficient (Wildman–Crippen LogP) is 2.44. The van der Waals surface area contributed by atoms with Gasteiger partial charge in [-0.3, -0.25) is 4.79 Å². The number of likely N-dealkylation sites (tertiary alicyclic amines) is 1. The zero-order valence-corrected chi connectivity index (χ0v) is 13.2. The summed E-state index contributed by atoms with van der Waals surface area (Å²) in [5, 5.41) is 2.96. The second-order valence-electron chi connectivity index (χ2n) is 6.73. The molecule has 0 radical (unpaired) electrons. The van der Waals surface area contributed by atoms with Gasteiger partial charge in [0.15, 0.2) is 0 Å². The van der Waals surface area contributed by atoms with Crippen molar-refractivity contribution in [2.75, 3.05) is 27.2 Å². The van der Waals surface area contributed by atoms with E-state index in [2.05, 4.69) is 17.3 Å². The van der Waals surface area contributed by atoms with E-state index >= 15 is 0 Å². The summed E-state index contributed by atoms with van der Waals surface area (Å²) in [4.78, 5) is 14.6. The summed E-state index contributed by atoms with van der Waals surface area (Å²) in [6.07, 6.45) is 4.42. The van der Waals surface area contributed by atoms with Gasteiger partial charge in [-0.1, -0.05) is 0 Å². The van der Waals surface area contributed by atoms with Crippen molar-refractivity contribution in [3.8, 4) is 5.75 Å². The summed E-state index contributed by atoms with van der Waals surface area (Å²) in [6.45, 7) is 2.26. The second-order valence-corrected chi connectivity index (χ2v) is 6.73. The van der Waals surface area contributed by atoms with Crippen molar-refractivity contribution in [2.45, 2.75) is 31.7 Å². The average Bonchev–Trinajstić information content (AvgIpc) is 2.48. The van der Waals surface area contributed by atoms with E-state index in [1.54, 1.807) is 0 Å². The number of ether oxygens (including phenoxy) is 1. The van der Waals surface area contributed by atoms with Crippen molar-refractivity contribution in [3.05, 3.63) is 29.6 Å². The van der Waals surface area contributed by atoms with Crippen LogP contribution in [0.15, 0.2) is 18.2 Å². The molecular weight excluding hydrogens is 283 g/mol. The molecule has 22 heavy (non-hydrogen) atoms. The van der Waals surface area contributed by atoms with Gasteiger partial charge in [-0.25, -0.2) is 4.39 Å². The monoisotopic (exact) mass is 306 g/mol. The highest BCUT2D eigenvalue weighted by molar-refractivity contribution is 5.95. The van der Waals surface area contributed by atoms with Crippen molar-refractivity contribution in [3.63, 3.8) is 0 Å². The Hall–Kier alpha value is -1.62. The van der Waals surface area contributed by atoms with E-state index < -0.39 is 5.82 Å². The number of carbonyl (C=O) groups is 1. The predicted molar refractivity (Wildman–Crippen MR) is 82.6 cm³/mol. The topological polar surface area (TPSA) is 41.6 Å². The molecule has 0 unspecified atom stereocenters. The number of hydrogen-bond donors (Lipinski definition) is 1. The number of nitrogens with zero attached hydrogens (tertiary/aromatic N) is 1. The van der Waals surface area contributed by atoms with Gasteiger partial charge in [0.05, 0.1) is 12.7 Å². The van der Waals surface area contributed by atoms with Crippen LogP contribution in [0.2, 0.25) is 0 Å². The third-order valence-corrected chi connectivity index (χ3v) is 5.16. The van der Waals surface area contributed by atoms with Gasteiger partial charge in [0.25, 0.3) is 5.91 Å². The number of methoxy groups -OCH3 is 1. The Morgan fingerprint density at radius 1 is 1.36 bits per heavy atom. The minimum atomic E-state index is -0.508. The normalized spacial score (nSPS) is 21.4. The molecule has 1 heterocycles. The van der Waals surface area contributed by atoms with E-state index in [0.717, 1.165) is 25.9 Å². The van der Waals surface area contributed by atoms with Crippen LogP contribution in [0.25, 0.3) is 0 Å². The number of benzene rings is 1. The lowest BCUT2D eigenvalue weighted by Crippen LogP contribution is -2.54. The lowest BCUT2D eigenvalue weighted by atomic mass is 9.60. The number of carbonyl (C=O) groups excluding carboxylic acids is 1. The molecule has 1 saturated heterocycles. The molecular formula is C17H23FN2O2. The van der Waals surface area contributed by atoms with E-state index in [1.807, 2.05) is 0 Å². The summed E-state index contributed by atoms with van der Waals surface area (Å²) < 4.78 is 18.9. The van der Waals surface area contributed by atoms with Crippen LogP contribution in [-0.2, 0) is 0 Å². The molecule has 0 atom stereocenters. The maximum absolute atomic E-state index is 13.8. The van der Waals surface area contributed by atoms with Crippen LogP contribution < -0.4 is 10.1 Å². The molecule has 1 spiro atoms. The Bertz CT molecular complexity index is 560. The maximum Gasteiger partial charge on any atom is 0.254 e. The fraction of sp³-hybridized carbons (Fsp3) is 0.588. The van der Waals surface area contributed by atoms with Crippen molar-refractivity contribution in [1.82, 2.24) is 10.2 Å². The summed E-state index contributed by atoms with van der Waals surface area (Å²) in [5.74, 6) is -0.359. The maximum atomic E-state index is 13.8. The standard InChI is InChI=1S/C17H23FN2O2/c1-20-7-5-17(6-8-20)10-12(11-17)19-16(21)14-9-13(22-2)3-4-15(14)18/h3-4,9,12H,5-8,10-11H2,1-2H3,(H,19,21). The number of piperidine rings is 1. The summed E-state index contributed by atoms with van der Waals surface area (Å²) in [5.41, 5.74) is 0.459. The minimum absolute atomic E-state index is 0.0590. The molecule has 1 N–H and O–H groups in total. The largest absolute Gasteiger partial charge is 0.497 e. The minimum Gasteiger partial charge on any atom is -0.497 e. The molecule has 1 aromatic rings. The lowest BCUT2D eigenvalue weighted by molar-refractivity contribution is 0.0138. The van der Waals surface area contributed by atoms with E-state index in [1.165, 1.54) is 38.2 Å². The van der Waals surface area contributed by atoms with Crippen LogP contribution in [0, 0.1) is 11.2 Å². The molecule has 1 amide bonds. The van der Waals surface area contributed by atoms with Crippen molar-refractivity contribution in [2.24, 2.45) is 5.41 Å². The highest BCUT2D eigenvalue weighted by Gasteiger charge is 2.45. The van der Waals surface area contributed by atoms with Gasteiger partial charge in [0.1, 0.15) is 11.6 Å². The molecule has 1 aliphatic carbocycles. The fourth-order valence-corrected chi connectivity index (χ4v) is 3.66. The van der Waals surface area contributed by atoms with Crippen LogP contribution in [0.4, 0.5) is 4.39 Å². The first-order valence-electron chi connectivity index (χ1n) is 7.84. The van der Waals surface area contributed by atoms with Crippen LogP contribution in [0.5, 0.6) is 5.75 Å². The summed E-state index contributed by atoms with van der Waals surface area (Å²) in [7, 11) is 3.65. The van der Waals surface area contributed by atoms with Gasteiger partial charge >= 0.3 is 0 Å². The summed E-state index contributed by atoms with van der Waals surface area (Å²) in [6, 6.07) is 4.41. The highest BCUT2D eigenvalue weighted by atomic mass is 19.1. The molecule has 1 aromatic carbocycles. The molecule has 5 heteroatoms. The number of rotatable bonds is 3. The second kappa shape index (κ2) is 5.88. The fourth-order valence-electron chi connectivity index (χ4n) is 3.66. The van der Waals surface area contributed by atoms with Crippen molar-refractivity contribution < 1.29 is 13.9 Å². The third kappa shape index (κ3) is 2.95. The molecule has 0 bridgehead atoms. The molecule has 120 valence electrons. The Labute approximate surface area is 130 Å². The smallest absolute Gasteiger partial charge is 0.254 e. The highest BCUT2D eigenvalue weighted by Crippen LogP contribution is 2.48. The van der Waals surface area contributed by atoms with Gasteiger partial charge in [0, 0.05) is 6.04 Å². The number of nitrogens with one attached hydrogen (secondary N) is 1. The van der Waals surface area contributed by atoms with Gasteiger partial charge in [-0.15, -0.1) is 0 Å². The molecule has 0 aromatic heterocycles. The zero-order valence-electron chi connectivity index (χ0n) is 13.2. The number of hydrogen-bond acceptors (Lipinski definition) is 3. The summed E-state index contributed by atoms with van der Waals surface area (Å²) >= 11 is 0. The number of amides is 1. The third-order valence-electron chi connectivity index (χ3n) is 5.16. The SMILES string of the molecule is COc1ccc(F)c(C(=O)NC2CC3(CCN(C)CC3)C2)c1. The molecule has 1 saturated carbocycles. The van der Waals surface area contributed by atoms with Crippen LogP contribution in [0.1, 0.15) is 36.0 Å². The first-order valence-corrected chi connectivity index (χ1v) is 7.84. The molecule has 1 aliphatic heterocycles. The molecule has 2 fully saturated rings. The van der Waals surface area contributed by atoms with E-state index in [-0.39, 0.29) is 17.5 Å². The Kier molecular flexibility index (Phi) is 4.08. The van der Waals surface area contributed by atoms with E-state index in [9.17, 15) is 9.18 Å². The van der Waals surface area contributed by atoms with E-state index in [4.69, 9.17) is 4.74 Å². The first kappa shape index (κ1) is 15.3. The van der Waals surface area contributed by atoms with Crippen molar-refractivity contribution >= 4 is 5.91 Å². The Morgan fingerprint density at radius 3 is 2.68 bits per heavy atom. The quantitative estimate of drug-likeness (QED) is 0.932. The van der Waals surface area contributed by atoms with Gasteiger partial charge in [-0.05, 0) is 69.4 Å². The van der Waals surface area contributed by atoms with Gasteiger partial charge < -0.3 is 15.0 Å². The van der Waals surface area contributed by atoms with Gasteiger partial charge in [-0.2, -0.15) is 0 Å². The van der Waals surface area contributed by atoms with Crippen LogP contribution in [-0.4, -0.2) is 44.1 Å².